The van der Waals surface area contributed by atoms with E-state index >= 15 is 0 Å². The lowest BCUT2D eigenvalue weighted by molar-refractivity contribution is -0.139. The van der Waals surface area contributed by atoms with Crippen molar-refractivity contribution in [3.63, 3.8) is 0 Å². The highest BCUT2D eigenvalue weighted by molar-refractivity contribution is 5.76. The van der Waals surface area contributed by atoms with Crippen LogP contribution in [0.5, 0.6) is 0 Å². The van der Waals surface area contributed by atoms with Crippen molar-refractivity contribution in [1.82, 2.24) is 5.32 Å². The average molecular weight is 693 g/mol. The van der Waals surface area contributed by atoms with E-state index in [0.717, 1.165) is 36.0 Å². The molecule has 50 heavy (non-hydrogen) atoms. The Kier molecular flexibility index (Phi) is 26.4. The first-order valence-electron chi connectivity index (χ1n) is 18.7. The average Bonchev–Trinajstić information content (AvgIpc) is 3.15. The van der Waals surface area contributed by atoms with Crippen LogP contribution in [0, 0.1) is 0 Å². The molecule has 0 aliphatic rings. The van der Waals surface area contributed by atoms with Crippen molar-refractivity contribution < 1.29 is 28.8 Å². The van der Waals surface area contributed by atoms with Gasteiger partial charge in [0.15, 0.2) is 0 Å². The van der Waals surface area contributed by atoms with Gasteiger partial charge in [0.1, 0.15) is 13.6 Å². The van der Waals surface area contributed by atoms with Crippen molar-refractivity contribution in [2.45, 2.75) is 122 Å². The third-order valence-corrected chi connectivity index (χ3v) is 8.27. The molecule has 0 heterocycles. The smallest absolute Gasteiger partial charge is 0.222 e. The molecule has 3 aromatic carbocycles. The Morgan fingerprint density at radius 3 is 1.60 bits per heavy atom. The molecule has 8 heteroatoms. The number of hydrogen-bond acceptors (Lipinski definition) is 7. The number of aliphatic hydroxyl groups is 1. The molecule has 0 aromatic heterocycles. The Labute approximate surface area is 302 Å². The van der Waals surface area contributed by atoms with Crippen molar-refractivity contribution in [1.29, 1.82) is 0 Å². The fourth-order valence-electron chi connectivity index (χ4n) is 5.40. The Balaban J connectivity index is 0.000000387. The van der Waals surface area contributed by atoms with Crippen molar-refractivity contribution >= 4 is 5.91 Å². The summed E-state index contributed by atoms with van der Waals surface area (Å²) in [6.45, 7) is 4.87. The molecule has 3 aromatic rings. The molecule has 0 saturated heterocycles. The van der Waals surface area contributed by atoms with E-state index < -0.39 is 0 Å². The van der Waals surface area contributed by atoms with E-state index in [4.69, 9.17) is 24.7 Å². The van der Waals surface area contributed by atoms with Crippen molar-refractivity contribution in [2.24, 2.45) is 5.73 Å². The SMILES string of the molecule is CCCCCCCCCCC[C@H](CC(=O)N[C@@H](CO)CCCN)OCc1ccccc1.c1ccc(COCOCOCc2ccccc2)cc1. The Bertz CT molecular complexity index is 1130. The molecule has 8 nitrogen and oxygen atoms in total. The number of benzene rings is 3. The first-order chi connectivity index (χ1) is 24.6. The van der Waals surface area contributed by atoms with Gasteiger partial charge in [-0.25, -0.2) is 0 Å². The molecule has 278 valence electrons. The highest BCUT2D eigenvalue weighted by Crippen LogP contribution is 2.16. The van der Waals surface area contributed by atoms with Gasteiger partial charge in [0.25, 0.3) is 0 Å². The molecule has 0 fully saturated rings. The minimum atomic E-state index is -0.224. The van der Waals surface area contributed by atoms with Gasteiger partial charge in [0, 0.05) is 0 Å². The van der Waals surface area contributed by atoms with Crippen LogP contribution < -0.4 is 11.1 Å². The summed E-state index contributed by atoms with van der Waals surface area (Å²) in [7, 11) is 0. The van der Waals surface area contributed by atoms with Crippen LogP contribution in [0.25, 0.3) is 0 Å². The quantitative estimate of drug-likeness (QED) is 0.0517. The third kappa shape index (κ3) is 23.3. The Hall–Kier alpha value is -3.11. The van der Waals surface area contributed by atoms with Crippen LogP contribution in [0.1, 0.15) is 107 Å². The van der Waals surface area contributed by atoms with E-state index in [2.05, 4.69) is 12.2 Å². The van der Waals surface area contributed by atoms with Gasteiger partial charge in [-0.2, -0.15) is 0 Å². The van der Waals surface area contributed by atoms with Crippen molar-refractivity contribution in [3.05, 3.63) is 108 Å². The molecule has 0 saturated carbocycles. The predicted molar refractivity (Wildman–Crippen MR) is 202 cm³/mol. The summed E-state index contributed by atoms with van der Waals surface area (Å²) in [6.07, 6.45) is 14.2. The number of carbonyl (C=O) groups excluding carboxylic acids is 1. The normalized spacial score (nSPS) is 12.1. The summed E-state index contributed by atoms with van der Waals surface area (Å²) in [5.74, 6) is -0.0509. The van der Waals surface area contributed by atoms with Gasteiger partial charge in [-0.15, -0.1) is 0 Å². The van der Waals surface area contributed by atoms with Gasteiger partial charge in [0.2, 0.25) is 5.91 Å². The molecule has 0 aliphatic carbocycles. The van der Waals surface area contributed by atoms with Gasteiger partial charge in [-0.3, -0.25) is 4.79 Å². The van der Waals surface area contributed by atoms with E-state index in [1.165, 1.54) is 51.4 Å². The van der Waals surface area contributed by atoms with Gasteiger partial charge in [0.05, 0.1) is 45.0 Å². The molecular weight excluding hydrogens is 628 g/mol. The van der Waals surface area contributed by atoms with Crippen LogP contribution in [-0.2, 0) is 43.6 Å². The zero-order chi connectivity index (χ0) is 35.7. The number of rotatable bonds is 28. The summed E-state index contributed by atoms with van der Waals surface area (Å²) in [5, 5.41) is 12.4. The zero-order valence-electron chi connectivity index (χ0n) is 30.5. The van der Waals surface area contributed by atoms with Gasteiger partial charge >= 0.3 is 0 Å². The molecule has 0 aliphatic heterocycles. The Morgan fingerprint density at radius 2 is 1.12 bits per heavy atom. The standard InChI is InChI=1S/C26H46N2O3.C16H18O3/c1-2-3-4-5-6-7-8-9-13-18-25(31-22-23-15-11-10-12-16-23)20-26(30)28-24(21-29)17-14-19-27;1-3-7-15(8-4-1)11-17-13-19-14-18-12-16-9-5-2-6-10-16/h10-12,15-16,24-25,29H,2-9,13-14,17-22,27H2,1H3,(H,28,30);1-10H,11-14H2/t24-,25-;/m1./s1. The van der Waals surface area contributed by atoms with E-state index in [1.807, 2.05) is 91.0 Å². The van der Waals surface area contributed by atoms with Crippen LogP contribution in [0.3, 0.4) is 0 Å². The largest absolute Gasteiger partial charge is 0.394 e. The molecule has 4 N–H and O–H groups in total. The maximum atomic E-state index is 12.5. The fraction of sp³-hybridized carbons (Fsp3) is 0.548. The van der Waals surface area contributed by atoms with E-state index in [-0.39, 0.29) is 38.2 Å². The number of ether oxygens (including phenoxy) is 4. The number of unbranched alkanes of at least 4 members (excludes halogenated alkanes) is 8. The minimum Gasteiger partial charge on any atom is -0.394 e. The second kappa shape index (κ2) is 30.7. The lowest BCUT2D eigenvalue weighted by Crippen LogP contribution is -2.39. The van der Waals surface area contributed by atoms with Crippen LogP contribution in [-0.4, -0.2) is 49.9 Å². The molecule has 1 amide bonds. The lowest BCUT2D eigenvalue weighted by atomic mass is 10.0. The number of aliphatic hydroxyl groups excluding tert-OH is 1. The first kappa shape index (κ1) is 43.1. The van der Waals surface area contributed by atoms with Crippen LogP contribution >= 0.6 is 0 Å². The van der Waals surface area contributed by atoms with Crippen LogP contribution in [0.2, 0.25) is 0 Å². The first-order valence-corrected chi connectivity index (χ1v) is 18.7. The maximum absolute atomic E-state index is 12.5. The highest BCUT2D eigenvalue weighted by atomic mass is 16.7. The van der Waals surface area contributed by atoms with Gasteiger partial charge < -0.3 is 35.1 Å². The molecule has 0 spiro atoms. The summed E-state index contributed by atoms with van der Waals surface area (Å²) in [5.41, 5.74) is 8.94. The number of carbonyl (C=O) groups is 1. The minimum absolute atomic E-state index is 0.0509. The third-order valence-electron chi connectivity index (χ3n) is 8.27. The molecule has 0 bridgehead atoms. The number of amides is 1. The number of nitrogens with one attached hydrogen (secondary N) is 1. The second-order valence-electron chi connectivity index (χ2n) is 12.7. The summed E-state index contributed by atoms with van der Waals surface area (Å²) in [6, 6.07) is 29.9. The fourth-order valence-corrected chi connectivity index (χ4v) is 5.40. The molecule has 2 atom stereocenters. The summed E-state index contributed by atoms with van der Waals surface area (Å²) < 4.78 is 22.1. The van der Waals surface area contributed by atoms with Gasteiger partial charge in [-0.1, -0.05) is 156 Å². The van der Waals surface area contributed by atoms with Gasteiger partial charge in [-0.05, 0) is 42.5 Å². The summed E-state index contributed by atoms with van der Waals surface area (Å²) >= 11 is 0. The summed E-state index contributed by atoms with van der Waals surface area (Å²) in [4.78, 5) is 12.5. The predicted octanol–water partition coefficient (Wildman–Crippen LogP) is 8.45. The molecule has 3 rings (SSSR count). The van der Waals surface area contributed by atoms with Crippen LogP contribution in [0.4, 0.5) is 0 Å². The second-order valence-corrected chi connectivity index (χ2v) is 12.7. The molecule has 0 radical (unpaired) electrons. The number of hydrogen-bond donors (Lipinski definition) is 3. The van der Waals surface area contributed by atoms with E-state index in [9.17, 15) is 9.90 Å². The number of nitrogens with two attached hydrogens (primary N) is 1. The molecular formula is C42H64N2O6. The maximum Gasteiger partial charge on any atom is 0.222 e. The highest BCUT2D eigenvalue weighted by Gasteiger charge is 2.17. The van der Waals surface area contributed by atoms with Crippen molar-refractivity contribution in [3.8, 4) is 0 Å². The topological polar surface area (TPSA) is 112 Å². The zero-order valence-corrected chi connectivity index (χ0v) is 30.5. The monoisotopic (exact) mass is 692 g/mol. The molecule has 0 unspecified atom stereocenters. The van der Waals surface area contributed by atoms with E-state index in [0.29, 0.717) is 39.2 Å². The van der Waals surface area contributed by atoms with Crippen molar-refractivity contribution in [2.75, 3.05) is 26.7 Å². The Morgan fingerprint density at radius 1 is 0.640 bits per heavy atom. The van der Waals surface area contributed by atoms with E-state index in [1.54, 1.807) is 0 Å². The lowest BCUT2D eigenvalue weighted by Gasteiger charge is -2.21. The van der Waals surface area contributed by atoms with Crippen LogP contribution in [0.15, 0.2) is 91.0 Å².